The lowest BCUT2D eigenvalue weighted by molar-refractivity contribution is 0.0936. The van der Waals surface area contributed by atoms with Gasteiger partial charge in [0, 0.05) is 11.6 Å². The standard InChI is InChI=1S/C14H14FN3O3S/c15-10-3-1-9(2-4-10)12-7-13(18-17-12)14(19)16-11-5-6-22(20,21)8-11/h1-4,7,11H,5-6,8H2,(H,16,19)(H,17,18). The summed E-state index contributed by atoms with van der Waals surface area (Å²) in [6.45, 7) is 0. The van der Waals surface area contributed by atoms with Crippen LogP contribution in [0, 0.1) is 5.82 Å². The van der Waals surface area contributed by atoms with Crippen molar-refractivity contribution in [3.63, 3.8) is 0 Å². The number of carbonyl (C=O) groups excluding carboxylic acids is 1. The van der Waals surface area contributed by atoms with E-state index in [0.717, 1.165) is 0 Å². The Kier molecular flexibility index (Phi) is 3.69. The maximum absolute atomic E-state index is 12.9. The van der Waals surface area contributed by atoms with Gasteiger partial charge in [-0.05, 0) is 36.8 Å². The van der Waals surface area contributed by atoms with Gasteiger partial charge in [0.2, 0.25) is 0 Å². The van der Waals surface area contributed by atoms with E-state index in [9.17, 15) is 17.6 Å². The molecule has 1 aromatic carbocycles. The van der Waals surface area contributed by atoms with Gasteiger partial charge in [0.05, 0.1) is 17.2 Å². The largest absolute Gasteiger partial charge is 0.347 e. The van der Waals surface area contributed by atoms with Crippen molar-refractivity contribution in [2.24, 2.45) is 0 Å². The van der Waals surface area contributed by atoms with Gasteiger partial charge in [0.15, 0.2) is 9.84 Å². The van der Waals surface area contributed by atoms with Crippen LogP contribution in [0.2, 0.25) is 0 Å². The third kappa shape index (κ3) is 3.16. The number of nitrogens with one attached hydrogen (secondary N) is 2. The average molecular weight is 323 g/mol. The number of hydrogen-bond donors (Lipinski definition) is 2. The van der Waals surface area contributed by atoms with Crippen molar-refractivity contribution in [2.75, 3.05) is 11.5 Å². The maximum atomic E-state index is 12.9. The SMILES string of the molecule is O=C(NC1CCS(=O)(=O)C1)c1cc(-c2ccc(F)cc2)n[nH]1. The van der Waals surface area contributed by atoms with Crippen LogP contribution in [0.5, 0.6) is 0 Å². The van der Waals surface area contributed by atoms with Crippen LogP contribution in [0.25, 0.3) is 11.3 Å². The van der Waals surface area contributed by atoms with Crippen LogP contribution in [0.4, 0.5) is 4.39 Å². The predicted molar refractivity (Wildman–Crippen MR) is 78.5 cm³/mol. The zero-order valence-electron chi connectivity index (χ0n) is 11.5. The quantitative estimate of drug-likeness (QED) is 0.886. The summed E-state index contributed by atoms with van der Waals surface area (Å²) in [5, 5.41) is 9.30. The minimum Gasteiger partial charge on any atom is -0.347 e. The Hall–Kier alpha value is -2.22. The molecule has 2 aromatic rings. The first-order chi connectivity index (χ1) is 10.4. The van der Waals surface area contributed by atoms with Crippen LogP contribution < -0.4 is 5.32 Å². The number of carbonyl (C=O) groups is 1. The van der Waals surface area contributed by atoms with Crippen molar-refractivity contribution < 1.29 is 17.6 Å². The lowest BCUT2D eigenvalue weighted by Gasteiger charge is -2.08. The summed E-state index contributed by atoms with van der Waals surface area (Å²) < 4.78 is 35.6. The Bertz CT molecular complexity index is 799. The van der Waals surface area contributed by atoms with Gasteiger partial charge >= 0.3 is 0 Å². The van der Waals surface area contributed by atoms with E-state index in [2.05, 4.69) is 15.5 Å². The molecule has 8 heteroatoms. The molecule has 2 heterocycles. The normalized spacial score (nSPS) is 20.0. The molecule has 0 spiro atoms. The highest BCUT2D eigenvalue weighted by Gasteiger charge is 2.29. The number of halogens is 1. The van der Waals surface area contributed by atoms with Gasteiger partial charge in [0.25, 0.3) is 5.91 Å². The highest BCUT2D eigenvalue weighted by Crippen LogP contribution is 2.18. The summed E-state index contributed by atoms with van der Waals surface area (Å²) in [4.78, 5) is 12.1. The number of amides is 1. The fraction of sp³-hybridized carbons (Fsp3) is 0.286. The molecule has 1 atom stereocenters. The highest BCUT2D eigenvalue weighted by molar-refractivity contribution is 7.91. The first-order valence-electron chi connectivity index (χ1n) is 6.75. The average Bonchev–Trinajstić information content (AvgIpc) is 3.06. The number of benzene rings is 1. The van der Waals surface area contributed by atoms with Crippen LogP contribution in [-0.4, -0.2) is 42.1 Å². The van der Waals surface area contributed by atoms with E-state index in [1.165, 1.54) is 12.1 Å². The third-order valence-corrected chi connectivity index (χ3v) is 5.30. The molecule has 1 amide bonds. The van der Waals surface area contributed by atoms with Crippen molar-refractivity contribution in [3.8, 4) is 11.3 Å². The number of aromatic nitrogens is 2. The molecule has 1 saturated heterocycles. The summed E-state index contributed by atoms with van der Waals surface area (Å²) >= 11 is 0. The van der Waals surface area contributed by atoms with Gasteiger partial charge in [-0.2, -0.15) is 5.10 Å². The van der Waals surface area contributed by atoms with Gasteiger partial charge in [-0.25, -0.2) is 12.8 Å². The van der Waals surface area contributed by atoms with Gasteiger partial charge in [-0.15, -0.1) is 0 Å². The van der Waals surface area contributed by atoms with Crippen LogP contribution in [0.15, 0.2) is 30.3 Å². The first-order valence-corrected chi connectivity index (χ1v) is 8.58. The Balaban J connectivity index is 1.71. The number of hydrogen-bond acceptors (Lipinski definition) is 4. The number of H-pyrrole nitrogens is 1. The summed E-state index contributed by atoms with van der Waals surface area (Å²) in [6, 6.07) is 6.94. The summed E-state index contributed by atoms with van der Waals surface area (Å²) in [5.41, 5.74) is 1.44. The van der Waals surface area contributed by atoms with E-state index in [-0.39, 0.29) is 29.1 Å². The lowest BCUT2D eigenvalue weighted by atomic mass is 10.1. The predicted octanol–water partition coefficient (Wildman–Crippen LogP) is 1.13. The summed E-state index contributed by atoms with van der Waals surface area (Å²) in [7, 11) is -3.04. The molecule has 0 saturated carbocycles. The van der Waals surface area contributed by atoms with Crippen molar-refractivity contribution in [1.29, 1.82) is 0 Å². The molecule has 0 bridgehead atoms. The van der Waals surface area contributed by atoms with Gasteiger partial charge in [-0.3, -0.25) is 9.89 Å². The maximum Gasteiger partial charge on any atom is 0.269 e. The Morgan fingerprint density at radius 1 is 1.32 bits per heavy atom. The molecule has 3 rings (SSSR count). The summed E-state index contributed by atoms with van der Waals surface area (Å²) in [5.74, 6) is -0.679. The lowest BCUT2D eigenvalue weighted by Crippen LogP contribution is -2.35. The van der Waals surface area contributed by atoms with E-state index in [1.54, 1.807) is 18.2 Å². The van der Waals surface area contributed by atoms with Crippen LogP contribution in [-0.2, 0) is 9.84 Å². The highest BCUT2D eigenvalue weighted by atomic mass is 32.2. The van der Waals surface area contributed by atoms with Gasteiger partial charge < -0.3 is 5.32 Å². The van der Waals surface area contributed by atoms with Crippen LogP contribution in [0.1, 0.15) is 16.9 Å². The summed E-state index contributed by atoms with van der Waals surface area (Å²) in [6.07, 6.45) is 0.424. The molecule has 116 valence electrons. The smallest absolute Gasteiger partial charge is 0.269 e. The molecule has 1 fully saturated rings. The van der Waals surface area contributed by atoms with Crippen LogP contribution >= 0.6 is 0 Å². The third-order valence-electron chi connectivity index (χ3n) is 3.53. The first kappa shape index (κ1) is 14.7. The second kappa shape index (κ2) is 5.53. The fourth-order valence-electron chi connectivity index (χ4n) is 2.38. The minimum atomic E-state index is -3.04. The van der Waals surface area contributed by atoms with Crippen molar-refractivity contribution >= 4 is 15.7 Å². The minimum absolute atomic E-state index is 0.0301. The zero-order valence-corrected chi connectivity index (χ0v) is 12.4. The molecule has 1 aliphatic heterocycles. The fourth-order valence-corrected chi connectivity index (χ4v) is 4.05. The Morgan fingerprint density at radius 3 is 2.68 bits per heavy atom. The molecule has 1 aromatic heterocycles. The number of sulfone groups is 1. The molecule has 0 radical (unpaired) electrons. The van der Waals surface area contributed by atoms with Gasteiger partial charge in [-0.1, -0.05) is 0 Å². The van der Waals surface area contributed by atoms with Crippen LogP contribution in [0.3, 0.4) is 0 Å². The molecule has 6 nitrogen and oxygen atoms in total. The van der Waals surface area contributed by atoms with Crippen molar-refractivity contribution in [1.82, 2.24) is 15.5 Å². The number of nitrogens with zero attached hydrogens (tertiary/aromatic N) is 1. The molecule has 0 aliphatic carbocycles. The van der Waals surface area contributed by atoms with E-state index < -0.39 is 15.7 Å². The second-order valence-electron chi connectivity index (χ2n) is 5.25. The Labute approximate surface area is 126 Å². The molecular weight excluding hydrogens is 309 g/mol. The second-order valence-corrected chi connectivity index (χ2v) is 7.48. The van der Waals surface area contributed by atoms with Crippen molar-refractivity contribution in [3.05, 3.63) is 41.8 Å². The molecule has 1 unspecified atom stereocenters. The van der Waals surface area contributed by atoms with E-state index in [1.807, 2.05) is 0 Å². The van der Waals surface area contributed by atoms with Gasteiger partial charge in [0.1, 0.15) is 11.5 Å². The molecule has 22 heavy (non-hydrogen) atoms. The number of aromatic amines is 1. The van der Waals surface area contributed by atoms with E-state index in [4.69, 9.17) is 0 Å². The zero-order chi connectivity index (χ0) is 15.7. The Morgan fingerprint density at radius 2 is 2.05 bits per heavy atom. The monoisotopic (exact) mass is 323 g/mol. The van der Waals surface area contributed by atoms with E-state index >= 15 is 0 Å². The van der Waals surface area contributed by atoms with Crippen molar-refractivity contribution in [2.45, 2.75) is 12.5 Å². The van der Waals surface area contributed by atoms with E-state index in [0.29, 0.717) is 17.7 Å². The topological polar surface area (TPSA) is 91.9 Å². The molecular formula is C14H14FN3O3S. The molecule has 1 aliphatic rings. The number of rotatable bonds is 3. The molecule has 2 N–H and O–H groups in total.